The van der Waals surface area contributed by atoms with Crippen molar-refractivity contribution < 1.29 is 9.90 Å². The highest BCUT2D eigenvalue weighted by Gasteiger charge is 2.14. The number of carboxylic acid groups (broad SMARTS) is 1. The largest absolute Gasteiger partial charge is 0.480 e. The van der Waals surface area contributed by atoms with E-state index < -0.39 is 12.0 Å². The molecule has 0 bridgehead atoms. The van der Waals surface area contributed by atoms with E-state index in [1.54, 1.807) is 18.5 Å². The molecular weight excluding hydrogens is 194 g/mol. The number of fused-ring (bicyclic) bond motifs is 1. The third-order valence-electron chi connectivity index (χ3n) is 2.37. The number of aliphatic carboxylic acids is 1. The molecule has 1 atom stereocenters. The van der Waals surface area contributed by atoms with Gasteiger partial charge in [0.25, 0.3) is 0 Å². The second-order valence-electron chi connectivity index (χ2n) is 3.42. The van der Waals surface area contributed by atoms with Crippen LogP contribution in [0.25, 0.3) is 11.0 Å². The number of carboxylic acids is 1. The molecule has 0 spiro atoms. The van der Waals surface area contributed by atoms with Gasteiger partial charge in [0.15, 0.2) is 0 Å². The monoisotopic (exact) mass is 205 g/mol. The van der Waals surface area contributed by atoms with Gasteiger partial charge >= 0.3 is 5.97 Å². The van der Waals surface area contributed by atoms with Crippen LogP contribution in [0.2, 0.25) is 0 Å². The van der Waals surface area contributed by atoms with Gasteiger partial charge in [-0.2, -0.15) is 0 Å². The van der Waals surface area contributed by atoms with Gasteiger partial charge in [0.1, 0.15) is 6.04 Å². The Morgan fingerprint density at radius 3 is 3.00 bits per heavy atom. The minimum atomic E-state index is -1.04. The Kier molecular flexibility index (Phi) is 2.17. The van der Waals surface area contributed by atoms with Crippen molar-refractivity contribution in [2.45, 2.75) is 6.04 Å². The van der Waals surface area contributed by atoms with Gasteiger partial charge in [-0.3, -0.25) is 4.79 Å². The first kappa shape index (κ1) is 9.67. The molecule has 1 unspecified atom stereocenters. The van der Waals surface area contributed by atoms with Crippen molar-refractivity contribution in [3.63, 3.8) is 0 Å². The summed E-state index contributed by atoms with van der Waals surface area (Å²) in [6.07, 6.45) is 1.68. The van der Waals surface area contributed by atoms with Crippen LogP contribution in [0.3, 0.4) is 0 Å². The highest BCUT2D eigenvalue weighted by atomic mass is 16.4. The number of rotatable bonds is 2. The topological polar surface area (TPSA) is 81.1 Å². The molecule has 5 nitrogen and oxygen atoms in total. The van der Waals surface area contributed by atoms with Gasteiger partial charge in [0.05, 0.1) is 17.4 Å². The molecule has 1 heterocycles. The first-order chi connectivity index (χ1) is 7.09. The quantitative estimate of drug-likeness (QED) is 0.754. The summed E-state index contributed by atoms with van der Waals surface area (Å²) >= 11 is 0. The van der Waals surface area contributed by atoms with Crippen molar-refractivity contribution in [3.8, 4) is 0 Å². The van der Waals surface area contributed by atoms with E-state index >= 15 is 0 Å². The second-order valence-corrected chi connectivity index (χ2v) is 3.42. The predicted molar refractivity (Wildman–Crippen MR) is 55.3 cm³/mol. The summed E-state index contributed by atoms with van der Waals surface area (Å²) in [5.41, 5.74) is 7.78. The summed E-state index contributed by atoms with van der Waals surface area (Å²) in [4.78, 5) is 14.8. The maximum absolute atomic E-state index is 10.7. The first-order valence-electron chi connectivity index (χ1n) is 4.49. The smallest absolute Gasteiger partial charge is 0.325 e. The number of hydrogen-bond donors (Lipinski definition) is 2. The molecule has 3 N–H and O–H groups in total. The van der Waals surface area contributed by atoms with Crippen LogP contribution < -0.4 is 5.73 Å². The van der Waals surface area contributed by atoms with E-state index in [-0.39, 0.29) is 0 Å². The third kappa shape index (κ3) is 1.57. The van der Waals surface area contributed by atoms with Gasteiger partial charge in [0, 0.05) is 7.05 Å². The molecule has 15 heavy (non-hydrogen) atoms. The summed E-state index contributed by atoms with van der Waals surface area (Å²) in [6.45, 7) is 0. The number of benzene rings is 1. The van der Waals surface area contributed by atoms with Crippen molar-refractivity contribution in [2.24, 2.45) is 12.8 Å². The highest BCUT2D eigenvalue weighted by molar-refractivity contribution is 5.80. The van der Waals surface area contributed by atoms with Gasteiger partial charge in [-0.15, -0.1) is 0 Å². The van der Waals surface area contributed by atoms with Crippen molar-refractivity contribution in [3.05, 3.63) is 30.1 Å². The minimum absolute atomic E-state index is 0.564. The zero-order valence-corrected chi connectivity index (χ0v) is 8.21. The second kappa shape index (κ2) is 3.36. The molecule has 0 aliphatic rings. The van der Waals surface area contributed by atoms with E-state index in [1.807, 2.05) is 17.7 Å². The van der Waals surface area contributed by atoms with Crippen LogP contribution in [-0.4, -0.2) is 20.6 Å². The summed E-state index contributed by atoms with van der Waals surface area (Å²) in [5.74, 6) is -1.04. The van der Waals surface area contributed by atoms with Crippen LogP contribution in [0.1, 0.15) is 11.6 Å². The molecule has 1 aromatic heterocycles. The Hall–Kier alpha value is -1.88. The molecule has 0 saturated heterocycles. The Morgan fingerprint density at radius 1 is 1.60 bits per heavy atom. The van der Waals surface area contributed by atoms with Gasteiger partial charge in [-0.1, -0.05) is 6.07 Å². The van der Waals surface area contributed by atoms with Crippen LogP contribution in [0.15, 0.2) is 24.5 Å². The standard InChI is InChI=1S/C10H11N3O2/c1-13-5-12-7-4-6(2-3-8(7)13)9(11)10(14)15/h2-5,9H,11H2,1H3,(H,14,15). The fourth-order valence-electron chi connectivity index (χ4n) is 1.49. The molecule has 0 amide bonds. The number of hydrogen-bond acceptors (Lipinski definition) is 3. The van der Waals surface area contributed by atoms with Crippen molar-refractivity contribution in [1.82, 2.24) is 9.55 Å². The lowest BCUT2D eigenvalue weighted by atomic mass is 10.1. The van der Waals surface area contributed by atoms with Gasteiger partial charge in [0.2, 0.25) is 0 Å². The summed E-state index contributed by atoms with van der Waals surface area (Å²) in [5, 5.41) is 8.76. The predicted octanol–water partition coefficient (Wildman–Crippen LogP) is 0.658. The van der Waals surface area contributed by atoms with Crippen LogP contribution in [0, 0.1) is 0 Å². The highest BCUT2D eigenvalue weighted by Crippen LogP contribution is 2.17. The van der Waals surface area contributed by atoms with Crippen molar-refractivity contribution >= 4 is 17.0 Å². The lowest BCUT2D eigenvalue weighted by Gasteiger charge is -2.06. The third-order valence-corrected chi connectivity index (χ3v) is 2.37. The molecule has 78 valence electrons. The Labute approximate surface area is 86.1 Å². The number of imidazole rings is 1. The molecule has 0 radical (unpaired) electrons. The number of aromatic nitrogens is 2. The Bertz CT molecular complexity index is 518. The molecule has 1 aromatic carbocycles. The van der Waals surface area contributed by atoms with E-state index in [9.17, 15) is 4.79 Å². The average molecular weight is 205 g/mol. The van der Waals surface area contributed by atoms with Crippen molar-refractivity contribution in [2.75, 3.05) is 0 Å². The maximum Gasteiger partial charge on any atom is 0.325 e. The lowest BCUT2D eigenvalue weighted by molar-refractivity contribution is -0.138. The van der Waals surface area contributed by atoms with E-state index in [0.717, 1.165) is 11.0 Å². The summed E-state index contributed by atoms with van der Waals surface area (Å²) < 4.78 is 1.87. The number of aryl methyl sites for hydroxylation is 1. The first-order valence-corrected chi connectivity index (χ1v) is 4.49. The van der Waals surface area contributed by atoms with Crippen molar-refractivity contribution in [1.29, 1.82) is 0 Å². The zero-order valence-electron chi connectivity index (χ0n) is 8.21. The minimum Gasteiger partial charge on any atom is -0.480 e. The number of nitrogens with two attached hydrogens (primary N) is 1. The van der Waals surface area contributed by atoms with E-state index in [0.29, 0.717) is 5.56 Å². The SMILES string of the molecule is Cn1cnc2cc(C(N)C(=O)O)ccc21. The Morgan fingerprint density at radius 2 is 2.33 bits per heavy atom. The number of carbonyl (C=O) groups is 1. The van der Waals surface area contributed by atoms with Gasteiger partial charge < -0.3 is 15.4 Å². The molecule has 0 aliphatic carbocycles. The van der Waals surface area contributed by atoms with Gasteiger partial charge in [-0.05, 0) is 17.7 Å². The van der Waals surface area contributed by atoms with Crippen LogP contribution in [0.4, 0.5) is 0 Å². The van der Waals surface area contributed by atoms with Crippen LogP contribution in [-0.2, 0) is 11.8 Å². The molecule has 0 saturated carbocycles. The average Bonchev–Trinajstić information content (AvgIpc) is 2.59. The van der Waals surface area contributed by atoms with Gasteiger partial charge in [-0.25, -0.2) is 4.98 Å². The molecule has 2 aromatic rings. The normalized spacial score (nSPS) is 12.9. The van der Waals surface area contributed by atoms with Crippen LogP contribution in [0.5, 0.6) is 0 Å². The molecular formula is C10H11N3O2. The maximum atomic E-state index is 10.7. The van der Waals surface area contributed by atoms with E-state index in [2.05, 4.69) is 4.98 Å². The molecule has 0 aliphatic heterocycles. The number of nitrogens with zero attached hydrogens (tertiary/aromatic N) is 2. The zero-order chi connectivity index (χ0) is 11.0. The lowest BCUT2D eigenvalue weighted by Crippen LogP contribution is -2.20. The molecule has 2 rings (SSSR count). The fraction of sp³-hybridized carbons (Fsp3) is 0.200. The Balaban J connectivity index is 2.52. The molecule has 0 fully saturated rings. The molecule has 5 heteroatoms. The van der Waals surface area contributed by atoms with Crippen LogP contribution >= 0.6 is 0 Å². The summed E-state index contributed by atoms with van der Waals surface area (Å²) in [7, 11) is 1.88. The van der Waals surface area contributed by atoms with E-state index in [1.165, 1.54) is 0 Å². The summed E-state index contributed by atoms with van der Waals surface area (Å²) in [6, 6.07) is 4.24. The fourth-order valence-corrected chi connectivity index (χ4v) is 1.49. The van der Waals surface area contributed by atoms with E-state index in [4.69, 9.17) is 10.8 Å².